The highest BCUT2D eigenvalue weighted by atomic mass is 32.1. The molecular weight excluding hydrogens is 222 g/mol. The molecule has 0 saturated heterocycles. The number of hydrogen-bond acceptors (Lipinski definition) is 5. The maximum atomic E-state index is 11.8. The molecule has 0 aliphatic heterocycles. The topological polar surface area (TPSA) is 55.7 Å². The number of ketones is 1. The summed E-state index contributed by atoms with van der Waals surface area (Å²) in [6.07, 6.45) is 3.56. The molecule has 0 bridgehead atoms. The molecule has 0 aromatic carbocycles. The van der Waals surface area contributed by atoms with Gasteiger partial charge in [-0.2, -0.15) is 0 Å². The van der Waals surface area contributed by atoms with Gasteiger partial charge in [-0.15, -0.1) is 11.3 Å². The second kappa shape index (κ2) is 4.49. The van der Waals surface area contributed by atoms with Crippen LogP contribution >= 0.6 is 11.3 Å². The fraction of sp³-hybridized carbons (Fsp3) is 0.273. The van der Waals surface area contributed by atoms with Crippen LogP contribution in [0.4, 0.5) is 0 Å². The molecule has 2 heterocycles. The molecule has 2 aromatic rings. The number of aryl methyl sites for hydroxylation is 2. The Morgan fingerprint density at radius 3 is 2.56 bits per heavy atom. The highest BCUT2D eigenvalue weighted by Crippen LogP contribution is 2.10. The van der Waals surface area contributed by atoms with Gasteiger partial charge in [0.25, 0.3) is 0 Å². The van der Waals surface area contributed by atoms with Crippen LogP contribution in [0.1, 0.15) is 26.9 Å². The van der Waals surface area contributed by atoms with E-state index in [4.69, 9.17) is 0 Å². The lowest BCUT2D eigenvalue weighted by Crippen LogP contribution is -2.08. The van der Waals surface area contributed by atoms with Crippen LogP contribution in [0.2, 0.25) is 0 Å². The standard InChI is InChI=1S/C11H11N3OS/c1-7-4-12-11(13-5-7)10(15)3-9-6-16-8(2)14-9/h4-6H,3H2,1-2H3. The van der Waals surface area contributed by atoms with Crippen molar-refractivity contribution in [1.29, 1.82) is 0 Å². The zero-order valence-corrected chi connectivity index (χ0v) is 9.91. The summed E-state index contributed by atoms with van der Waals surface area (Å²) in [5, 5.41) is 2.86. The van der Waals surface area contributed by atoms with Crippen molar-refractivity contribution < 1.29 is 4.79 Å². The predicted molar refractivity (Wildman–Crippen MR) is 61.7 cm³/mol. The summed E-state index contributed by atoms with van der Waals surface area (Å²) in [7, 11) is 0. The van der Waals surface area contributed by atoms with Gasteiger partial charge in [0.15, 0.2) is 5.82 Å². The number of carbonyl (C=O) groups is 1. The Balaban J connectivity index is 2.11. The molecule has 16 heavy (non-hydrogen) atoms. The lowest BCUT2D eigenvalue weighted by Gasteiger charge is -1.97. The van der Waals surface area contributed by atoms with Gasteiger partial charge in [-0.05, 0) is 19.4 Å². The molecule has 82 valence electrons. The molecule has 0 aliphatic carbocycles. The Bertz CT molecular complexity index is 504. The van der Waals surface area contributed by atoms with Crippen molar-refractivity contribution in [3.63, 3.8) is 0 Å². The van der Waals surface area contributed by atoms with E-state index < -0.39 is 0 Å². The molecule has 0 fully saturated rings. The predicted octanol–water partition coefficient (Wildman–Crippen LogP) is 1.98. The van der Waals surface area contributed by atoms with Gasteiger partial charge in [0, 0.05) is 17.8 Å². The first-order valence-corrected chi connectivity index (χ1v) is 5.76. The van der Waals surface area contributed by atoms with Gasteiger partial charge in [0.2, 0.25) is 5.78 Å². The molecule has 0 saturated carbocycles. The normalized spacial score (nSPS) is 10.4. The van der Waals surface area contributed by atoms with Crippen molar-refractivity contribution >= 4 is 17.1 Å². The Hall–Kier alpha value is -1.62. The van der Waals surface area contributed by atoms with Crippen LogP contribution in [-0.4, -0.2) is 20.7 Å². The quantitative estimate of drug-likeness (QED) is 0.761. The maximum Gasteiger partial charge on any atom is 0.205 e. The van der Waals surface area contributed by atoms with E-state index >= 15 is 0 Å². The molecule has 2 rings (SSSR count). The largest absolute Gasteiger partial charge is 0.290 e. The van der Waals surface area contributed by atoms with Crippen molar-refractivity contribution in [3.05, 3.63) is 39.9 Å². The zero-order valence-electron chi connectivity index (χ0n) is 9.10. The summed E-state index contributed by atoms with van der Waals surface area (Å²) in [6.45, 7) is 3.80. The fourth-order valence-corrected chi connectivity index (χ4v) is 1.88. The van der Waals surface area contributed by atoms with E-state index in [1.807, 2.05) is 19.2 Å². The van der Waals surface area contributed by atoms with Crippen LogP contribution in [0.25, 0.3) is 0 Å². The van der Waals surface area contributed by atoms with Crippen LogP contribution in [0, 0.1) is 13.8 Å². The van der Waals surface area contributed by atoms with Gasteiger partial charge >= 0.3 is 0 Å². The van der Waals surface area contributed by atoms with Gasteiger partial charge in [0.1, 0.15) is 0 Å². The van der Waals surface area contributed by atoms with E-state index in [-0.39, 0.29) is 18.0 Å². The summed E-state index contributed by atoms with van der Waals surface area (Å²) in [5.74, 6) is 0.168. The van der Waals surface area contributed by atoms with Crippen LogP contribution < -0.4 is 0 Å². The van der Waals surface area contributed by atoms with E-state index in [0.717, 1.165) is 16.3 Å². The third-order valence-electron chi connectivity index (χ3n) is 2.04. The van der Waals surface area contributed by atoms with Gasteiger partial charge in [-0.1, -0.05) is 0 Å². The molecule has 2 aromatic heterocycles. The average Bonchev–Trinajstić information content (AvgIpc) is 2.65. The van der Waals surface area contributed by atoms with E-state index in [9.17, 15) is 4.79 Å². The minimum atomic E-state index is -0.0923. The van der Waals surface area contributed by atoms with E-state index in [2.05, 4.69) is 15.0 Å². The molecule has 0 unspecified atom stereocenters. The SMILES string of the molecule is Cc1cnc(C(=O)Cc2csc(C)n2)nc1. The molecule has 5 heteroatoms. The van der Waals surface area contributed by atoms with Crippen LogP contribution in [0.15, 0.2) is 17.8 Å². The smallest absolute Gasteiger partial charge is 0.205 e. The van der Waals surface area contributed by atoms with Crippen molar-refractivity contribution in [2.75, 3.05) is 0 Å². The fourth-order valence-electron chi connectivity index (χ4n) is 1.27. The number of carbonyl (C=O) groups excluding carboxylic acids is 1. The first kappa shape index (κ1) is 10.9. The van der Waals surface area contributed by atoms with E-state index in [0.29, 0.717) is 0 Å². The molecule has 4 nitrogen and oxygen atoms in total. The number of rotatable bonds is 3. The first-order chi connectivity index (χ1) is 7.65. The molecule has 0 amide bonds. The first-order valence-electron chi connectivity index (χ1n) is 4.88. The van der Waals surface area contributed by atoms with Crippen LogP contribution in [-0.2, 0) is 6.42 Å². The summed E-state index contributed by atoms with van der Waals surface area (Å²) >= 11 is 1.54. The molecule has 0 aliphatic rings. The summed E-state index contributed by atoms with van der Waals surface area (Å²) < 4.78 is 0. The van der Waals surface area contributed by atoms with Crippen molar-refractivity contribution in [3.8, 4) is 0 Å². The molecule has 0 atom stereocenters. The molecule has 0 N–H and O–H groups in total. The minimum Gasteiger partial charge on any atom is -0.290 e. The average molecular weight is 233 g/mol. The summed E-state index contributed by atoms with van der Waals surface area (Å²) in [4.78, 5) is 24.0. The van der Waals surface area contributed by atoms with Crippen LogP contribution in [0.5, 0.6) is 0 Å². The number of Topliss-reactive ketones (excluding diaryl/α,β-unsaturated/α-hetero) is 1. The Labute approximate surface area is 97.4 Å². The van der Waals surface area contributed by atoms with Crippen molar-refractivity contribution in [1.82, 2.24) is 15.0 Å². The third kappa shape index (κ3) is 2.49. The lowest BCUT2D eigenvalue weighted by atomic mass is 10.2. The number of aromatic nitrogens is 3. The molecule has 0 spiro atoms. The Kier molecular flexibility index (Phi) is 3.05. The van der Waals surface area contributed by atoms with E-state index in [1.165, 1.54) is 11.3 Å². The van der Waals surface area contributed by atoms with Gasteiger partial charge < -0.3 is 0 Å². The van der Waals surface area contributed by atoms with Crippen molar-refractivity contribution in [2.24, 2.45) is 0 Å². The van der Waals surface area contributed by atoms with Crippen LogP contribution in [0.3, 0.4) is 0 Å². The second-order valence-electron chi connectivity index (χ2n) is 3.54. The zero-order chi connectivity index (χ0) is 11.5. The third-order valence-corrected chi connectivity index (χ3v) is 2.86. The number of thiazole rings is 1. The maximum absolute atomic E-state index is 11.8. The highest BCUT2D eigenvalue weighted by Gasteiger charge is 2.11. The second-order valence-corrected chi connectivity index (χ2v) is 4.60. The highest BCUT2D eigenvalue weighted by molar-refractivity contribution is 7.09. The lowest BCUT2D eigenvalue weighted by molar-refractivity contribution is 0.0982. The number of nitrogens with zero attached hydrogens (tertiary/aromatic N) is 3. The monoisotopic (exact) mass is 233 g/mol. The number of hydrogen-bond donors (Lipinski definition) is 0. The summed E-state index contributed by atoms with van der Waals surface area (Å²) in [6, 6.07) is 0. The summed E-state index contributed by atoms with van der Waals surface area (Å²) in [5.41, 5.74) is 1.73. The van der Waals surface area contributed by atoms with Gasteiger partial charge in [-0.25, -0.2) is 15.0 Å². The van der Waals surface area contributed by atoms with Gasteiger partial charge in [0.05, 0.1) is 17.1 Å². The van der Waals surface area contributed by atoms with E-state index in [1.54, 1.807) is 12.4 Å². The van der Waals surface area contributed by atoms with Crippen molar-refractivity contribution in [2.45, 2.75) is 20.3 Å². The Morgan fingerprint density at radius 1 is 1.31 bits per heavy atom. The van der Waals surface area contributed by atoms with Gasteiger partial charge in [-0.3, -0.25) is 4.79 Å². The molecular formula is C11H11N3OS. The minimum absolute atomic E-state index is 0.0923. The Morgan fingerprint density at radius 2 is 2.00 bits per heavy atom. The molecule has 0 radical (unpaired) electrons.